The average Bonchev–Trinajstić information content (AvgIpc) is 4.01. The quantitative estimate of drug-likeness (QED) is 0.117. The summed E-state index contributed by atoms with van der Waals surface area (Å²) in [5.74, 6) is -3.34. The van der Waals surface area contributed by atoms with E-state index in [1.807, 2.05) is 0 Å². The van der Waals surface area contributed by atoms with Crippen molar-refractivity contribution in [2.24, 2.45) is 5.73 Å². The number of anilines is 2. The first-order valence-corrected chi connectivity index (χ1v) is 19.4. The molecule has 4 aromatic carbocycles. The Labute approximate surface area is 383 Å². The third-order valence-corrected chi connectivity index (χ3v) is 9.87. The molecular formula is C41H33Cl3F10N6O6. The molecule has 0 saturated carbocycles. The zero-order valence-electron chi connectivity index (χ0n) is 33.3. The molecule has 354 valence electrons. The largest absolute Gasteiger partial charge is 0.440 e. The Morgan fingerprint density at radius 2 is 1.17 bits per heavy atom. The van der Waals surface area contributed by atoms with Gasteiger partial charge in [0, 0.05) is 52.1 Å². The second kappa shape index (κ2) is 22.4. The molecule has 5 aromatic rings. The number of nitrogens with one attached hydrogen (secondary N) is 3. The number of amides is 3. The minimum absolute atomic E-state index is 0. The minimum Gasteiger partial charge on any atom is -0.440 e. The highest BCUT2D eigenvalue weighted by atomic mass is 35.5. The van der Waals surface area contributed by atoms with E-state index in [2.05, 4.69) is 30.4 Å². The van der Waals surface area contributed by atoms with Crippen molar-refractivity contribution in [3.63, 3.8) is 0 Å². The number of fused-ring (bicyclic) bond motifs is 2. The van der Waals surface area contributed by atoms with Crippen molar-refractivity contribution in [3.05, 3.63) is 146 Å². The molecule has 2 atom stereocenters. The fourth-order valence-corrected chi connectivity index (χ4v) is 6.86. The van der Waals surface area contributed by atoms with Gasteiger partial charge in [0.2, 0.25) is 0 Å². The molecule has 1 heterocycles. The minimum atomic E-state index is -4.69. The van der Waals surface area contributed by atoms with Crippen LogP contribution < -0.4 is 21.7 Å². The lowest BCUT2D eigenvalue weighted by Gasteiger charge is -2.16. The van der Waals surface area contributed by atoms with Crippen molar-refractivity contribution in [1.82, 2.24) is 14.9 Å². The fraction of sp³-hybridized carbons (Fsp3) is 0.244. The Morgan fingerprint density at radius 3 is 1.65 bits per heavy atom. The van der Waals surface area contributed by atoms with Gasteiger partial charge in [0.15, 0.2) is 13.2 Å². The van der Waals surface area contributed by atoms with Gasteiger partial charge in [0.25, 0.3) is 11.8 Å². The molecule has 66 heavy (non-hydrogen) atoms. The second-order valence-electron chi connectivity index (χ2n) is 13.9. The number of aromatic nitrogens is 2. The normalized spacial score (nSPS) is 14.7. The predicted molar refractivity (Wildman–Crippen MR) is 221 cm³/mol. The lowest BCUT2D eigenvalue weighted by Crippen LogP contribution is -2.31. The van der Waals surface area contributed by atoms with Gasteiger partial charge in [-0.1, -0.05) is 23.2 Å². The van der Waals surface area contributed by atoms with E-state index in [0.29, 0.717) is 40.8 Å². The topological polar surface area (TPSA) is 167 Å². The molecular weight excluding hydrogens is 969 g/mol. The maximum absolute atomic E-state index is 14.4. The van der Waals surface area contributed by atoms with Crippen LogP contribution in [-0.4, -0.2) is 59.1 Å². The molecule has 0 saturated heterocycles. The van der Waals surface area contributed by atoms with E-state index in [1.54, 1.807) is 0 Å². The Kier molecular flexibility index (Phi) is 17.8. The van der Waals surface area contributed by atoms with Crippen LogP contribution >= 0.6 is 35.6 Å². The predicted octanol–water partition coefficient (Wildman–Crippen LogP) is 10.8. The highest BCUT2D eigenvalue weighted by molar-refractivity contribution is 6.31. The van der Waals surface area contributed by atoms with E-state index in [-0.39, 0.29) is 64.0 Å². The van der Waals surface area contributed by atoms with Gasteiger partial charge in [-0.15, -0.1) is 12.4 Å². The maximum atomic E-state index is 14.4. The SMILES string of the molecule is Cl.N[C@H]1CCc2c(C(=O)Nc3ccc(F)c(Cl)c3)ccc(F)c21.O=C(N[C@H]1CCc2c(C(=O)Nc3ccc(F)c(Cl)c3)ccc(F)c21)OCC(F)(F)F.O=C(OCC(F)(F)F)n1ccnc1. The first-order chi connectivity index (χ1) is 30.5. The number of hydrogen-bond donors (Lipinski definition) is 4. The molecule has 0 fully saturated rings. The Morgan fingerprint density at radius 1 is 0.697 bits per heavy atom. The molecule has 5 N–H and O–H groups in total. The fourth-order valence-electron chi connectivity index (χ4n) is 6.50. The number of rotatable bonds is 7. The van der Waals surface area contributed by atoms with E-state index in [1.165, 1.54) is 60.9 Å². The summed E-state index contributed by atoms with van der Waals surface area (Å²) in [6, 6.07) is 11.1. The van der Waals surface area contributed by atoms with Crippen molar-refractivity contribution < 1.29 is 72.6 Å². The third kappa shape index (κ3) is 14.2. The summed E-state index contributed by atoms with van der Waals surface area (Å²) in [6.45, 7) is -3.37. The number of alkyl carbamates (subject to hydrolysis) is 1. The number of ether oxygens (including phenoxy) is 2. The highest BCUT2D eigenvalue weighted by Gasteiger charge is 2.34. The van der Waals surface area contributed by atoms with Gasteiger partial charge in [-0.25, -0.2) is 36.7 Å². The van der Waals surface area contributed by atoms with Crippen LogP contribution in [0.15, 0.2) is 79.4 Å². The van der Waals surface area contributed by atoms with Crippen molar-refractivity contribution >= 4 is 71.0 Å². The molecule has 1 aromatic heterocycles. The van der Waals surface area contributed by atoms with Gasteiger partial charge in [-0.05, 0) is 97.5 Å². The number of hydrogen-bond acceptors (Lipinski definition) is 8. The molecule has 3 amide bonds. The molecule has 2 aliphatic carbocycles. The summed E-state index contributed by atoms with van der Waals surface area (Å²) in [5, 5.41) is 7.07. The number of nitrogens with two attached hydrogens (primary N) is 1. The number of benzene rings is 4. The van der Waals surface area contributed by atoms with Crippen LogP contribution in [0, 0.1) is 23.3 Å². The van der Waals surface area contributed by atoms with Crippen LogP contribution in [-0.2, 0) is 22.3 Å². The molecule has 0 aliphatic heterocycles. The molecule has 0 spiro atoms. The molecule has 0 unspecified atom stereocenters. The molecule has 0 radical (unpaired) electrons. The van der Waals surface area contributed by atoms with Crippen molar-refractivity contribution in [1.29, 1.82) is 0 Å². The Hall–Kier alpha value is -6.10. The number of halogens is 13. The zero-order chi connectivity index (χ0) is 47.8. The number of carbonyl (C=O) groups is 4. The van der Waals surface area contributed by atoms with Crippen molar-refractivity contribution in [2.45, 2.75) is 50.1 Å². The van der Waals surface area contributed by atoms with E-state index in [9.17, 15) is 63.1 Å². The zero-order valence-corrected chi connectivity index (χ0v) is 35.6. The lowest BCUT2D eigenvalue weighted by molar-refractivity contribution is -0.160. The smallest absolute Gasteiger partial charge is 0.422 e. The summed E-state index contributed by atoms with van der Waals surface area (Å²) in [7, 11) is 0. The standard InChI is InChI=1S/C19H14ClF5N2O3.C16H13ClF2N2O.C6H5F3N2O2.ClH/c20-12-7-9(1-4-13(12)21)26-17(28)11-2-5-14(22)16-10(11)3-6-15(16)27-18(29)30-8-19(23,24)25;17-11-7-8(1-4-12(11)18)21-16(22)10-2-5-13(19)15-9(10)3-6-14(15)20;7-6(8,9)3-13-5(12)11-2-1-10-4-11;/h1-2,4-5,7,15H,3,6,8H2,(H,26,28)(H,27,29);1-2,4-5,7,14H,3,6,20H2,(H,21,22);1-2,4H,3H2;1H/t15-;14-;;/m00../s1. The lowest BCUT2D eigenvalue weighted by atomic mass is 10.0. The molecule has 7 rings (SSSR count). The van der Waals surface area contributed by atoms with Crippen molar-refractivity contribution in [2.75, 3.05) is 23.8 Å². The van der Waals surface area contributed by atoms with Gasteiger partial charge in [0.05, 0.1) is 16.1 Å². The Bertz CT molecular complexity index is 2570. The van der Waals surface area contributed by atoms with E-state index in [0.717, 1.165) is 23.0 Å². The summed E-state index contributed by atoms with van der Waals surface area (Å²) in [6.07, 6.45) is -6.60. The molecule has 0 bridgehead atoms. The van der Waals surface area contributed by atoms with E-state index >= 15 is 0 Å². The van der Waals surface area contributed by atoms with Crippen LogP contribution in [0.3, 0.4) is 0 Å². The van der Waals surface area contributed by atoms with Gasteiger partial charge in [0.1, 0.15) is 29.6 Å². The summed E-state index contributed by atoms with van der Waals surface area (Å²) >= 11 is 11.4. The van der Waals surface area contributed by atoms with Crippen LogP contribution in [0.2, 0.25) is 10.0 Å². The summed E-state index contributed by atoms with van der Waals surface area (Å²) in [5.41, 5.74) is 8.31. The maximum Gasteiger partial charge on any atom is 0.422 e. The van der Waals surface area contributed by atoms with Crippen LogP contribution in [0.4, 0.5) is 64.9 Å². The monoisotopic (exact) mass is 1000 g/mol. The van der Waals surface area contributed by atoms with Gasteiger partial charge in [-0.3, -0.25) is 9.59 Å². The van der Waals surface area contributed by atoms with Gasteiger partial charge >= 0.3 is 24.5 Å². The first-order valence-electron chi connectivity index (χ1n) is 18.6. The second-order valence-corrected chi connectivity index (χ2v) is 14.7. The summed E-state index contributed by atoms with van der Waals surface area (Å²) < 4.78 is 135. The number of alkyl halides is 6. The third-order valence-electron chi connectivity index (χ3n) is 9.29. The summed E-state index contributed by atoms with van der Waals surface area (Å²) in [4.78, 5) is 50.8. The van der Waals surface area contributed by atoms with E-state index < -0.39 is 73.1 Å². The van der Waals surface area contributed by atoms with Gasteiger partial charge < -0.3 is 31.2 Å². The van der Waals surface area contributed by atoms with Gasteiger partial charge in [-0.2, -0.15) is 26.3 Å². The highest BCUT2D eigenvalue weighted by Crippen LogP contribution is 2.37. The van der Waals surface area contributed by atoms with Crippen LogP contribution in [0.5, 0.6) is 0 Å². The molecule has 2 aliphatic rings. The molecule has 12 nitrogen and oxygen atoms in total. The average molecular weight is 1000 g/mol. The van der Waals surface area contributed by atoms with Crippen LogP contribution in [0.25, 0.3) is 0 Å². The van der Waals surface area contributed by atoms with Crippen LogP contribution in [0.1, 0.15) is 67.9 Å². The van der Waals surface area contributed by atoms with E-state index in [4.69, 9.17) is 28.9 Å². The van der Waals surface area contributed by atoms with Crippen molar-refractivity contribution in [3.8, 4) is 0 Å². The Balaban J connectivity index is 0.000000232. The molecule has 25 heteroatoms. The number of imidazole rings is 1. The number of carbonyl (C=O) groups excluding carboxylic acids is 4. The number of nitrogens with zero attached hydrogens (tertiary/aromatic N) is 2. The first kappa shape index (κ1) is 52.5.